The Kier molecular flexibility index (Phi) is 5.19. The first-order valence-corrected chi connectivity index (χ1v) is 10.6. The summed E-state index contributed by atoms with van der Waals surface area (Å²) < 4.78 is 21.8. The molecule has 0 saturated heterocycles. The standard InChI is InChI=1S/C26H22FN3O2/c1-2-18-12-13-19(32-18)15-23-26(31)30-16-24(20-10-6-7-11-21(20)27)28-22(25(30)29-23)14-17-8-4-3-5-9-17/h3-13,16,28H,2,14-15H2,1H3. The molecular weight excluding hydrogens is 405 g/mol. The van der Waals surface area contributed by atoms with E-state index < -0.39 is 0 Å². The van der Waals surface area contributed by atoms with Crippen molar-refractivity contribution in [3.05, 3.63) is 118 Å². The molecule has 0 spiro atoms. The SMILES string of the molecule is CCc1ccc(Cc2nc3c(Cc4ccccc4)[nH]c(-c4ccccc4F)cn-3c2=O)o1. The zero-order valence-corrected chi connectivity index (χ0v) is 17.6. The second kappa shape index (κ2) is 8.30. The Hall–Kier alpha value is -3.93. The molecule has 0 unspecified atom stereocenters. The number of hydrogen-bond acceptors (Lipinski definition) is 3. The van der Waals surface area contributed by atoms with Crippen LogP contribution >= 0.6 is 0 Å². The van der Waals surface area contributed by atoms with Gasteiger partial charge in [0.2, 0.25) is 0 Å². The van der Waals surface area contributed by atoms with Gasteiger partial charge < -0.3 is 9.40 Å². The summed E-state index contributed by atoms with van der Waals surface area (Å²) in [6.45, 7) is 2.02. The van der Waals surface area contributed by atoms with E-state index >= 15 is 0 Å². The number of nitrogens with zero attached hydrogens (tertiary/aromatic N) is 2. The third-order valence-electron chi connectivity index (χ3n) is 5.54. The second-order valence-corrected chi connectivity index (χ2v) is 7.74. The average molecular weight is 427 g/mol. The topological polar surface area (TPSA) is 63.8 Å². The minimum atomic E-state index is -0.357. The summed E-state index contributed by atoms with van der Waals surface area (Å²) in [4.78, 5) is 21.2. The first-order chi connectivity index (χ1) is 15.6. The van der Waals surface area contributed by atoms with Crippen molar-refractivity contribution in [2.75, 3.05) is 0 Å². The van der Waals surface area contributed by atoms with Crippen molar-refractivity contribution in [1.82, 2.24) is 14.5 Å². The van der Waals surface area contributed by atoms with Crippen LogP contribution in [0.3, 0.4) is 0 Å². The van der Waals surface area contributed by atoms with Crippen LogP contribution in [0.25, 0.3) is 17.1 Å². The van der Waals surface area contributed by atoms with Crippen molar-refractivity contribution in [3.63, 3.8) is 0 Å². The van der Waals surface area contributed by atoms with Crippen molar-refractivity contribution in [2.24, 2.45) is 0 Å². The highest BCUT2D eigenvalue weighted by atomic mass is 19.1. The van der Waals surface area contributed by atoms with Crippen LogP contribution < -0.4 is 5.56 Å². The number of aryl methyl sites for hydroxylation is 1. The lowest BCUT2D eigenvalue weighted by Crippen LogP contribution is -2.18. The fourth-order valence-corrected chi connectivity index (χ4v) is 3.90. The first-order valence-electron chi connectivity index (χ1n) is 10.6. The monoisotopic (exact) mass is 427 g/mol. The van der Waals surface area contributed by atoms with Gasteiger partial charge in [-0.1, -0.05) is 49.4 Å². The largest absolute Gasteiger partial charge is 0.466 e. The van der Waals surface area contributed by atoms with Crippen molar-refractivity contribution in [1.29, 1.82) is 0 Å². The maximum absolute atomic E-state index is 14.5. The molecule has 32 heavy (non-hydrogen) atoms. The number of fused-ring (bicyclic) bond motifs is 1. The van der Waals surface area contributed by atoms with E-state index in [1.807, 2.05) is 49.4 Å². The van der Waals surface area contributed by atoms with Crippen molar-refractivity contribution in [2.45, 2.75) is 26.2 Å². The molecule has 2 aliphatic rings. The number of halogens is 1. The zero-order valence-electron chi connectivity index (χ0n) is 17.6. The van der Waals surface area contributed by atoms with Crippen molar-refractivity contribution < 1.29 is 8.81 Å². The van der Waals surface area contributed by atoms with Crippen LogP contribution in [0.1, 0.15) is 35.4 Å². The van der Waals surface area contributed by atoms with Crippen LogP contribution in [0.4, 0.5) is 4.39 Å². The lowest BCUT2D eigenvalue weighted by molar-refractivity contribution is 0.477. The molecule has 0 radical (unpaired) electrons. The number of rotatable bonds is 6. The smallest absolute Gasteiger partial charge is 0.278 e. The number of nitrogens with one attached hydrogen (secondary N) is 1. The molecule has 0 amide bonds. The molecule has 0 aliphatic carbocycles. The summed E-state index contributed by atoms with van der Waals surface area (Å²) in [5.74, 6) is 1.75. The third kappa shape index (κ3) is 3.75. The molecule has 2 aromatic carbocycles. The molecule has 0 atom stereocenters. The molecule has 6 heteroatoms. The van der Waals surface area contributed by atoms with Crippen LogP contribution in [-0.4, -0.2) is 14.5 Å². The van der Waals surface area contributed by atoms with E-state index in [0.717, 1.165) is 23.4 Å². The highest BCUT2D eigenvalue weighted by molar-refractivity contribution is 5.61. The van der Waals surface area contributed by atoms with Gasteiger partial charge >= 0.3 is 0 Å². The van der Waals surface area contributed by atoms with Crippen LogP contribution in [0, 0.1) is 5.82 Å². The molecule has 2 aliphatic heterocycles. The Morgan fingerprint density at radius 1 is 0.969 bits per heavy atom. The fraction of sp³-hybridized carbons (Fsp3) is 0.154. The number of H-pyrrole nitrogens is 1. The zero-order chi connectivity index (χ0) is 22.1. The van der Waals surface area contributed by atoms with E-state index in [2.05, 4.69) is 9.97 Å². The van der Waals surface area contributed by atoms with Gasteiger partial charge in [0.05, 0.1) is 17.8 Å². The Morgan fingerprint density at radius 3 is 2.47 bits per heavy atom. The molecule has 160 valence electrons. The van der Waals surface area contributed by atoms with Crippen molar-refractivity contribution >= 4 is 0 Å². The van der Waals surface area contributed by atoms with Gasteiger partial charge in [0, 0.05) is 24.6 Å². The van der Waals surface area contributed by atoms with Gasteiger partial charge in [0.25, 0.3) is 5.56 Å². The quantitative estimate of drug-likeness (QED) is 0.408. The van der Waals surface area contributed by atoms with Gasteiger partial charge in [-0.2, -0.15) is 0 Å². The van der Waals surface area contributed by atoms with Gasteiger partial charge in [0.15, 0.2) is 5.82 Å². The number of benzene rings is 2. The first kappa shape index (κ1) is 20.0. The minimum absolute atomic E-state index is 0.227. The molecule has 3 aromatic rings. The molecule has 3 heterocycles. The van der Waals surface area contributed by atoms with Gasteiger partial charge in [-0.3, -0.25) is 9.36 Å². The summed E-state index contributed by atoms with van der Waals surface area (Å²) in [5, 5.41) is 0. The highest BCUT2D eigenvalue weighted by Crippen LogP contribution is 2.25. The lowest BCUT2D eigenvalue weighted by Gasteiger charge is -2.13. The van der Waals surface area contributed by atoms with Crippen LogP contribution in [0.5, 0.6) is 0 Å². The summed E-state index contributed by atoms with van der Waals surface area (Å²) in [5.41, 5.74) is 2.90. The molecule has 1 aromatic heterocycles. The van der Waals surface area contributed by atoms with Gasteiger partial charge in [-0.15, -0.1) is 0 Å². The third-order valence-corrected chi connectivity index (χ3v) is 5.54. The number of imidazole rings is 1. The maximum Gasteiger partial charge on any atom is 0.278 e. The Morgan fingerprint density at radius 2 is 1.72 bits per heavy atom. The Labute approximate surface area is 184 Å². The molecule has 5 rings (SSSR count). The van der Waals surface area contributed by atoms with Gasteiger partial charge in [-0.25, -0.2) is 9.37 Å². The van der Waals surface area contributed by atoms with Gasteiger partial charge in [0.1, 0.15) is 23.0 Å². The van der Waals surface area contributed by atoms with E-state index in [-0.39, 0.29) is 11.4 Å². The molecule has 5 nitrogen and oxygen atoms in total. The lowest BCUT2D eigenvalue weighted by atomic mass is 10.1. The van der Waals surface area contributed by atoms with E-state index in [4.69, 9.17) is 4.42 Å². The number of furan rings is 1. The Bertz CT molecular complexity index is 1400. The van der Waals surface area contributed by atoms with E-state index in [1.165, 1.54) is 10.6 Å². The fourth-order valence-electron chi connectivity index (χ4n) is 3.90. The highest BCUT2D eigenvalue weighted by Gasteiger charge is 2.21. The summed E-state index contributed by atoms with van der Waals surface area (Å²) >= 11 is 0. The molecule has 1 N–H and O–H groups in total. The minimum Gasteiger partial charge on any atom is -0.466 e. The van der Waals surface area contributed by atoms with E-state index in [1.54, 1.807) is 24.4 Å². The van der Waals surface area contributed by atoms with Crippen LogP contribution in [-0.2, 0) is 19.3 Å². The molecular formula is C26H22FN3O2. The summed E-state index contributed by atoms with van der Waals surface area (Å²) in [6, 6.07) is 20.2. The summed E-state index contributed by atoms with van der Waals surface area (Å²) in [6.07, 6.45) is 3.25. The van der Waals surface area contributed by atoms with E-state index in [0.29, 0.717) is 41.4 Å². The van der Waals surface area contributed by atoms with Crippen molar-refractivity contribution in [3.8, 4) is 17.1 Å². The number of aromatic amines is 1. The maximum atomic E-state index is 14.5. The van der Waals surface area contributed by atoms with Crippen LogP contribution in [0.15, 0.2) is 82.1 Å². The number of hydrogen-bond donors (Lipinski definition) is 1. The van der Waals surface area contributed by atoms with Gasteiger partial charge in [-0.05, 0) is 29.8 Å². The average Bonchev–Trinajstić information content (AvgIpc) is 3.40. The van der Waals surface area contributed by atoms with E-state index in [9.17, 15) is 9.18 Å². The second-order valence-electron chi connectivity index (χ2n) is 7.74. The normalized spacial score (nSPS) is 11.3. The summed E-state index contributed by atoms with van der Waals surface area (Å²) in [7, 11) is 0. The molecule has 0 bridgehead atoms. The number of aromatic nitrogens is 3. The molecule has 0 saturated carbocycles. The predicted octanol–water partition coefficient (Wildman–Crippen LogP) is 5.14. The van der Waals surface area contributed by atoms with Crippen LogP contribution in [0.2, 0.25) is 0 Å². The Balaban J connectivity index is 1.65. The molecule has 0 fully saturated rings. The predicted molar refractivity (Wildman–Crippen MR) is 121 cm³/mol.